The van der Waals surface area contributed by atoms with Crippen LogP contribution in [0, 0.1) is 0 Å². The van der Waals surface area contributed by atoms with Gasteiger partial charge in [-0.1, -0.05) is 17.7 Å². The zero-order chi connectivity index (χ0) is 15.3. The molecule has 0 atom stereocenters. The van der Waals surface area contributed by atoms with Crippen molar-refractivity contribution in [1.29, 1.82) is 0 Å². The Morgan fingerprint density at radius 1 is 1.40 bits per heavy atom. The molecule has 2 amide bonds. The minimum absolute atomic E-state index is 0.0972. The Hall–Kier alpha value is -2.02. The van der Waals surface area contributed by atoms with Crippen molar-refractivity contribution in [2.24, 2.45) is 0 Å². The maximum Gasteiger partial charge on any atom is 0.416 e. The van der Waals surface area contributed by atoms with Crippen molar-refractivity contribution in [2.45, 2.75) is 6.18 Å². The number of likely N-dealkylation sites (N-methyl/N-ethyl adjacent to an activating group) is 1. The first-order valence-corrected chi connectivity index (χ1v) is 5.68. The molecule has 0 heterocycles. The summed E-state index contributed by atoms with van der Waals surface area (Å²) in [6.07, 6.45) is -3.44. The van der Waals surface area contributed by atoms with Crippen LogP contribution in [-0.4, -0.2) is 19.4 Å². The fourth-order valence-electron chi connectivity index (χ4n) is 1.32. The van der Waals surface area contributed by atoms with Gasteiger partial charge in [-0.3, -0.25) is 14.5 Å². The summed E-state index contributed by atoms with van der Waals surface area (Å²) >= 11 is 5.74. The molecule has 1 rings (SSSR count). The number of carbonyl (C=O) groups excluding carboxylic acids is 2. The summed E-state index contributed by atoms with van der Waals surface area (Å²) in [6.45, 7) is 0. The summed E-state index contributed by atoms with van der Waals surface area (Å²) < 4.78 is 37.7. The number of hydrogen-bond donors (Lipinski definition) is 1. The van der Waals surface area contributed by atoms with Crippen LogP contribution < -0.4 is 10.2 Å². The quantitative estimate of drug-likeness (QED) is 0.528. The van der Waals surface area contributed by atoms with Crippen LogP contribution >= 0.6 is 11.6 Å². The number of rotatable bonds is 4. The highest BCUT2D eigenvalue weighted by Gasteiger charge is 2.31. The van der Waals surface area contributed by atoms with E-state index in [0.717, 1.165) is 29.2 Å². The van der Waals surface area contributed by atoms with Crippen LogP contribution in [0.2, 0.25) is 0 Å². The highest BCUT2D eigenvalue weighted by Crippen LogP contribution is 2.32. The van der Waals surface area contributed by atoms with E-state index in [0.29, 0.717) is 0 Å². The summed E-state index contributed by atoms with van der Waals surface area (Å²) in [5.41, 5.74) is -1.02. The lowest BCUT2D eigenvalue weighted by atomic mass is 10.2. The van der Waals surface area contributed by atoms with Crippen LogP contribution in [0.15, 0.2) is 35.5 Å². The van der Waals surface area contributed by atoms with Crippen LogP contribution in [0.4, 0.5) is 18.9 Å². The Morgan fingerprint density at radius 2 is 2.05 bits per heavy atom. The zero-order valence-corrected chi connectivity index (χ0v) is 11.0. The van der Waals surface area contributed by atoms with Gasteiger partial charge in [-0.25, -0.2) is 0 Å². The maximum absolute atomic E-state index is 12.6. The van der Waals surface area contributed by atoms with Gasteiger partial charge in [0.15, 0.2) is 0 Å². The van der Waals surface area contributed by atoms with Crippen molar-refractivity contribution in [3.63, 3.8) is 0 Å². The molecule has 0 saturated heterocycles. The first-order valence-electron chi connectivity index (χ1n) is 5.30. The largest absolute Gasteiger partial charge is 0.416 e. The smallest absolute Gasteiger partial charge is 0.356 e. The highest BCUT2D eigenvalue weighted by atomic mass is 35.5. The highest BCUT2D eigenvalue weighted by molar-refractivity contribution is 6.34. The van der Waals surface area contributed by atoms with Crippen LogP contribution in [0.5, 0.6) is 0 Å². The topological polar surface area (TPSA) is 49.4 Å². The molecule has 0 aliphatic heterocycles. The first kappa shape index (κ1) is 16.0. The third-order valence-corrected chi connectivity index (χ3v) is 2.58. The van der Waals surface area contributed by atoms with Gasteiger partial charge in [0.05, 0.1) is 11.3 Å². The summed E-state index contributed by atoms with van der Waals surface area (Å²) in [4.78, 5) is 22.8. The Morgan fingerprint density at radius 3 is 2.55 bits per heavy atom. The molecule has 0 radical (unpaired) electrons. The van der Waals surface area contributed by atoms with E-state index in [-0.39, 0.29) is 17.3 Å². The monoisotopic (exact) mass is 306 g/mol. The number of carbonyl (C=O) groups is 2. The number of nitrogens with one attached hydrogen (secondary N) is 1. The van der Waals surface area contributed by atoms with Gasteiger partial charge in [-0.05, 0) is 18.2 Å². The minimum Gasteiger partial charge on any atom is -0.356 e. The van der Waals surface area contributed by atoms with Crippen LogP contribution in [0.3, 0.4) is 0 Å². The average molecular weight is 307 g/mol. The molecular weight excluding hydrogens is 297 g/mol. The summed E-state index contributed by atoms with van der Waals surface area (Å²) in [5.74, 6) is -0.589. The Balaban J connectivity index is 3.17. The summed E-state index contributed by atoms with van der Waals surface area (Å²) in [5, 5.41) is 1.92. The van der Waals surface area contributed by atoms with Gasteiger partial charge >= 0.3 is 6.18 Å². The van der Waals surface area contributed by atoms with E-state index in [9.17, 15) is 22.8 Å². The number of hydrogen-bond acceptors (Lipinski definition) is 2. The molecule has 0 aliphatic carbocycles. The second-order valence-corrected chi connectivity index (χ2v) is 3.99. The Labute approximate surface area is 117 Å². The predicted molar refractivity (Wildman–Crippen MR) is 68.0 cm³/mol. The van der Waals surface area contributed by atoms with Crippen LogP contribution in [0.1, 0.15) is 5.56 Å². The van der Waals surface area contributed by atoms with Gasteiger partial charge in [0, 0.05) is 13.1 Å². The standard InChI is InChI=1S/C12H10ClF3N2O2/c1-17-11(20)6-10(13)18(7-19)9-4-2-3-8(5-9)12(14,15)16/h2-7H,1H3,(H,17,20)/b10-6-. The van der Waals surface area contributed by atoms with Gasteiger partial charge in [0.1, 0.15) is 5.16 Å². The SMILES string of the molecule is CNC(=O)/C=C(/Cl)N(C=O)c1cccc(C(F)(F)F)c1. The van der Waals surface area contributed by atoms with Gasteiger partial charge in [-0.2, -0.15) is 13.2 Å². The first-order chi connectivity index (χ1) is 9.29. The van der Waals surface area contributed by atoms with Crippen molar-refractivity contribution in [3.05, 3.63) is 41.1 Å². The number of alkyl halides is 3. The third-order valence-electron chi connectivity index (χ3n) is 2.28. The molecule has 1 aromatic rings. The molecule has 4 nitrogen and oxygen atoms in total. The van der Waals surface area contributed by atoms with Crippen molar-refractivity contribution >= 4 is 29.6 Å². The van der Waals surface area contributed by atoms with Crippen LogP contribution in [-0.2, 0) is 15.8 Å². The van der Waals surface area contributed by atoms with Gasteiger partial charge < -0.3 is 5.32 Å². The summed E-state index contributed by atoms with van der Waals surface area (Å²) in [6, 6.07) is 4.03. The summed E-state index contributed by atoms with van der Waals surface area (Å²) in [7, 11) is 1.35. The molecule has 0 aliphatic rings. The van der Waals surface area contributed by atoms with E-state index >= 15 is 0 Å². The third kappa shape index (κ3) is 3.99. The fraction of sp³-hybridized carbons (Fsp3) is 0.167. The molecule has 0 saturated carbocycles. The van der Waals surface area contributed by atoms with E-state index in [1.807, 2.05) is 0 Å². The van der Waals surface area contributed by atoms with Crippen molar-refractivity contribution in [1.82, 2.24) is 5.32 Å². The van der Waals surface area contributed by atoms with Crippen molar-refractivity contribution in [3.8, 4) is 0 Å². The molecule has 0 bridgehead atoms. The van der Waals surface area contributed by atoms with E-state index in [2.05, 4.69) is 5.32 Å². The number of anilines is 1. The molecule has 108 valence electrons. The molecule has 1 aromatic carbocycles. The lowest BCUT2D eigenvalue weighted by Crippen LogP contribution is -2.22. The Bertz CT molecular complexity index is 544. The molecule has 0 unspecified atom stereocenters. The molecule has 8 heteroatoms. The lowest BCUT2D eigenvalue weighted by Gasteiger charge is -2.17. The molecule has 1 N–H and O–H groups in total. The molecule has 20 heavy (non-hydrogen) atoms. The normalized spacial score (nSPS) is 11.9. The second kappa shape index (κ2) is 6.42. The minimum atomic E-state index is -4.54. The average Bonchev–Trinajstić information content (AvgIpc) is 2.38. The van der Waals surface area contributed by atoms with Gasteiger partial charge in [0.25, 0.3) is 0 Å². The molecule has 0 spiro atoms. The Kier molecular flexibility index (Phi) is 5.15. The molecule has 0 fully saturated rings. The van der Waals surface area contributed by atoms with Crippen molar-refractivity contribution in [2.75, 3.05) is 11.9 Å². The number of amides is 2. The van der Waals surface area contributed by atoms with E-state index in [1.54, 1.807) is 0 Å². The lowest BCUT2D eigenvalue weighted by molar-refractivity contribution is -0.137. The fourth-order valence-corrected chi connectivity index (χ4v) is 1.55. The van der Waals surface area contributed by atoms with Gasteiger partial charge in [0.2, 0.25) is 12.3 Å². The number of benzene rings is 1. The van der Waals surface area contributed by atoms with E-state index in [4.69, 9.17) is 11.6 Å². The molecule has 0 aromatic heterocycles. The predicted octanol–water partition coefficient (Wildman–Crippen LogP) is 2.49. The zero-order valence-electron chi connectivity index (χ0n) is 10.2. The van der Waals surface area contributed by atoms with Crippen molar-refractivity contribution < 1.29 is 22.8 Å². The van der Waals surface area contributed by atoms with E-state index in [1.165, 1.54) is 13.1 Å². The number of halogens is 4. The molecular formula is C12H10ClF3N2O2. The second-order valence-electron chi connectivity index (χ2n) is 3.60. The van der Waals surface area contributed by atoms with E-state index < -0.39 is 17.6 Å². The van der Waals surface area contributed by atoms with Gasteiger partial charge in [-0.15, -0.1) is 0 Å². The maximum atomic E-state index is 12.6. The number of nitrogens with zero attached hydrogens (tertiary/aromatic N) is 1. The van der Waals surface area contributed by atoms with Crippen LogP contribution in [0.25, 0.3) is 0 Å².